The molecule has 0 heterocycles. The highest BCUT2D eigenvalue weighted by molar-refractivity contribution is 5.85. The van der Waals surface area contributed by atoms with Crippen LogP contribution in [0.5, 0.6) is 11.5 Å². The summed E-state index contributed by atoms with van der Waals surface area (Å²) in [6, 6.07) is 15.1. The number of carbonyl (C=O) groups is 4. The maximum atomic E-state index is 12.1. The third-order valence-corrected chi connectivity index (χ3v) is 8.01. The maximum absolute atomic E-state index is 12.1. The Labute approximate surface area is 338 Å². The number of para-hydroxylation sites is 2. The van der Waals surface area contributed by atoms with E-state index in [9.17, 15) is 19.2 Å². The summed E-state index contributed by atoms with van der Waals surface area (Å²) < 4.78 is 42.4. The summed E-state index contributed by atoms with van der Waals surface area (Å²) in [6.45, 7) is 6.77. The summed E-state index contributed by atoms with van der Waals surface area (Å²) in [4.78, 5) is 50.0. The van der Waals surface area contributed by atoms with Crippen LogP contribution in [0.1, 0.15) is 87.5 Å². The average Bonchev–Trinajstić information content (AvgIpc) is 3.20. The Morgan fingerprint density at radius 3 is 1.51 bits per heavy atom. The Kier molecular flexibility index (Phi) is 31.6. The van der Waals surface area contributed by atoms with Crippen LogP contribution in [0.25, 0.3) is 0 Å². The fourth-order valence-corrected chi connectivity index (χ4v) is 4.64. The Balaban J connectivity index is -0.000000905. The quantitative estimate of drug-likeness (QED) is 0.0755. The van der Waals surface area contributed by atoms with Crippen molar-refractivity contribution in [3.63, 3.8) is 0 Å². The highest BCUT2D eigenvalue weighted by Gasteiger charge is 2.20. The standard InChI is InChI=1S/C19H30N2O5.C18H28N2O5.C2H6.CH4.ClH/c1-15(13-16-9-5-6-10-17(16)24-4)21(3)19(23)26-14-25-18(22)11-7-8-12-20-2;1-14(12-15-8-4-5-9-16(15)23-3)20(2)18(22)25-13-24-17(21)10-6-7-11-19;1-2;;/h5-6,9-10,15,20H,7-8,11-14H2,1-4H3;4-5,8-9,14H,6-7,10-13,19H2,1-3H3;1-2H3;1H4;1H/i;;1D;1T;. The van der Waals surface area contributed by atoms with E-state index in [2.05, 4.69) is 5.32 Å². The molecule has 0 saturated carbocycles. The number of hydrogen-bond donors (Lipinski definition) is 2. The van der Waals surface area contributed by atoms with Crippen molar-refractivity contribution in [2.24, 2.45) is 5.73 Å². The largest absolute Gasteiger partial charge is 0.496 e. The van der Waals surface area contributed by atoms with Crippen LogP contribution >= 0.6 is 12.4 Å². The van der Waals surface area contributed by atoms with Gasteiger partial charge in [-0.25, -0.2) is 9.59 Å². The van der Waals surface area contributed by atoms with Crippen molar-refractivity contribution in [3.05, 3.63) is 59.7 Å². The van der Waals surface area contributed by atoms with E-state index in [1.165, 1.54) is 17.2 Å². The molecular weight excluding hydrogens is 732 g/mol. The number of nitrogens with one attached hydrogen (secondary N) is 1. The van der Waals surface area contributed by atoms with Crippen molar-refractivity contribution in [1.29, 1.82) is 0 Å². The minimum absolute atomic E-state index is 0. The molecule has 2 rings (SSSR count). The van der Waals surface area contributed by atoms with Crippen LogP contribution in [-0.4, -0.2) is 108 Å². The number of benzene rings is 2. The van der Waals surface area contributed by atoms with Crippen LogP contribution in [0.4, 0.5) is 9.59 Å². The molecule has 2 aromatic carbocycles. The van der Waals surface area contributed by atoms with Gasteiger partial charge >= 0.3 is 24.1 Å². The second kappa shape index (κ2) is 34.2. The van der Waals surface area contributed by atoms with E-state index in [4.69, 9.17) is 36.9 Å². The van der Waals surface area contributed by atoms with E-state index in [0.717, 1.165) is 48.4 Å². The summed E-state index contributed by atoms with van der Waals surface area (Å²) in [5.41, 5.74) is 7.37. The highest BCUT2D eigenvalue weighted by Crippen LogP contribution is 2.21. The molecule has 3 N–H and O–H groups in total. The fraction of sp³-hybridized carbons (Fsp3) is 0.600. The lowest BCUT2D eigenvalue weighted by Crippen LogP contribution is -2.37. The molecule has 0 saturated heterocycles. The van der Waals surface area contributed by atoms with E-state index < -0.39 is 18.2 Å². The van der Waals surface area contributed by atoms with Gasteiger partial charge in [0.1, 0.15) is 11.5 Å². The number of methoxy groups -OCH3 is 2. The monoisotopic (exact) mass is 803 g/mol. The van der Waals surface area contributed by atoms with Gasteiger partial charge in [0.15, 0.2) is 0 Å². The smallest absolute Gasteiger partial charge is 0.412 e. The molecule has 0 bridgehead atoms. The molecule has 2 aromatic rings. The number of carbonyl (C=O) groups excluding carboxylic acids is 4. The first-order chi connectivity index (χ1) is 26.9. The Morgan fingerprint density at radius 1 is 0.764 bits per heavy atom. The lowest BCUT2D eigenvalue weighted by molar-refractivity contribution is -0.153. The first-order valence-electron chi connectivity index (χ1n) is 19.6. The SMILES string of the molecule is CNCCCCC(=O)OCOC(=O)N(C)C(C)Cc1ccccc1OC.COc1ccccc1CC(C)N(C)C(=O)OCOC(=O)CCCCN.Cl.[2H]CC.[3H]C. The van der Waals surface area contributed by atoms with Crippen molar-refractivity contribution in [1.82, 2.24) is 15.1 Å². The molecule has 0 aliphatic carbocycles. The molecule has 0 spiro atoms. The van der Waals surface area contributed by atoms with Crippen molar-refractivity contribution in [2.75, 3.05) is 62.0 Å². The van der Waals surface area contributed by atoms with Gasteiger partial charge in [-0.2, -0.15) is 0 Å². The van der Waals surface area contributed by atoms with Crippen LogP contribution in [-0.2, 0) is 41.4 Å². The van der Waals surface area contributed by atoms with Crippen LogP contribution in [0.15, 0.2) is 48.5 Å². The average molecular weight is 804 g/mol. The van der Waals surface area contributed by atoms with Crippen LogP contribution < -0.4 is 20.5 Å². The summed E-state index contributed by atoms with van der Waals surface area (Å²) in [6.07, 6.45) is 3.83. The zero-order valence-corrected chi connectivity index (χ0v) is 35.2. The second-order valence-electron chi connectivity index (χ2n) is 11.8. The van der Waals surface area contributed by atoms with Gasteiger partial charge < -0.3 is 49.3 Å². The number of hydrogen-bond acceptors (Lipinski definition) is 12. The molecule has 2 amide bonds. The molecule has 0 aromatic heterocycles. The number of nitrogens with zero attached hydrogens (tertiary/aromatic N) is 2. The summed E-state index contributed by atoms with van der Waals surface area (Å²) in [5.74, 6) is 0.806. The molecule has 2 atom stereocenters. The van der Waals surface area contributed by atoms with E-state index in [-0.39, 0.29) is 50.5 Å². The Hall–Kier alpha value is -4.27. The molecule has 0 aliphatic rings. The molecule has 0 fully saturated rings. The fourth-order valence-electron chi connectivity index (χ4n) is 4.64. The second-order valence-corrected chi connectivity index (χ2v) is 11.8. The number of esters is 2. The third-order valence-electron chi connectivity index (χ3n) is 8.01. The number of unbranched alkanes of at least 4 members (excludes halogenated alkanes) is 2. The molecule has 2 unspecified atom stereocenters. The summed E-state index contributed by atoms with van der Waals surface area (Å²) >= 11 is 0. The number of halogens is 1. The minimum Gasteiger partial charge on any atom is -0.496 e. The number of amides is 2. The number of ether oxygens (including phenoxy) is 6. The molecule has 0 aliphatic heterocycles. The molecular formula is C40H69ClN4O10. The van der Waals surface area contributed by atoms with Gasteiger partial charge in [-0.3, -0.25) is 9.59 Å². The first-order valence-corrected chi connectivity index (χ1v) is 17.9. The van der Waals surface area contributed by atoms with Crippen LogP contribution in [0, 0.1) is 0 Å². The van der Waals surface area contributed by atoms with Crippen LogP contribution in [0.3, 0.4) is 0 Å². The number of nitrogens with two attached hydrogens (primary N) is 1. The lowest BCUT2D eigenvalue weighted by atomic mass is 10.1. The molecule has 316 valence electrons. The van der Waals surface area contributed by atoms with Gasteiger partial charge in [-0.15, -0.1) is 12.4 Å². The van der Waals surface area contributed by atoms with E-state index >= 15 is 0 Å². The molecule has 14 nitrogen and oxygen atoms in total. The molecule has 15 heteroatoms. The molecule has 0 radical (unpaired) electrons. The Bertz CT molecular complexity index is 1350. The van der Waals surface area contributed by atoms with Gasteiger partial charge in [-0.05, 0) is 95.8 Å². The van der Waals surface area contributed by atoms with Crippen molar-refractivity contribution >= 4 is 36.5 Å². The Morgan fingerprint density at radius 2 is 1.15 bits per heavy atom. The zero-order chi connectivity index (χ0) is 42.7. The normalized spacial score (nSPS) is 11.2. The maximum Gasteiger partial charge on any atom is 0.412 e. The predicted octanol–water partition coefficient (Wildman–Crippen LogP) is 6.99. The van der Waals surface area contributed by atoms with Gasteiger partial charge in [0.25, 0.3) is 0 Å². The van der Waals surface area contributed by atoms with Crippen LogP contribution in [0.2, 0.25) is 0 Å². The van der Waals surface area contributed by atoms with E-state index in [1.54, 1.807) is 35.2 Å². The van der Waals surface area contributed by atoms with E-state index in [1.807, 2.05) is 69.4 Å². The first kappa shape index (κ1) is 50.7. The topological polar surface area (TPSA) is 168 Å². The van der Waals surface area contributed by atoms with Crippen molar-refractivity contribution in [3.8, 4) is 11.5 Å². The summed E-state index contributed by atoms with van der Waals surface area (Å²) in [5, 5.41) is 3.01. The van der Waals surface area contributed by atoms with Crippen molar-refractivity contribution < 1.29 is 50.3 Å². The van der Waals surface area contributed by atoms with Gasteiger partial charge in [0.05, 0.1) is 14.2 Å². The van der Waals surface area contributed by atoms with Gasteiger partial charge in [0, 0.05) is 41.8 Å². The summed E-state index contributed by atoms with van der Waals surface area (Å²) in [7, 11) is 9.65. The van der Waals surface area contributed by atoms with E-state index in [0.29, 0.717) is 39.1 Å². The zero-order valence-electron chi connectivity index (χ0n) is 36.4. The highest BCUT2D eigenvalue weighted by atomic mass is 35.5. The minimum atomic E-state index is -0.544. The van der Waals surface area contributed by atoms with Gasteiger partial charge in [0.2, 0.25) is 13.6 Å². The lowest BCUT2D eigenvalue weighted by Gasteiger charge is -2.24. The van der Waals surface area contributed by atoms with Gasteiger partial charge in [-0.1, -0.05) is 57.6 Å². The predicted molar refractivity (Wildman–Crippen MR) is 219 cm³/mol. The number of likely N-dealkylation sites (N-methyl/N-ethyl adjacent to an activating group) is 2. The number of rotatable bonds is 21. The third kappa shape index (κ3) is 24.0. The molecule has 55 heavy (non-hydrogen) atoms. The van der Waals surface area contributed by atoms with Crippen molar-refractivity contribution in [2.45, 2.75) is 98.5 Å².